The molecule has 0 saturated carbocycles. The van der Waals surface area contributed by atoms with Gasteiger partial charge in [-0.15, -0.1) is 0 Å². The van der Waals surface area contributed by atoms with Gasteiger partial charge in [-0.05, 0) is 94.3 Å². The van der Waals surface area contributed by atoms with Crippen molar-refractivity contribution in [2.45, 2.75) is 85.8 Å². The summed E-state index contributed by atoms with van der Waals surface area (Å²) < 4.78 is 162. The molecule has 4 rings (SSSR count). The molecule has 2 aromatic rings. The van der Waals surface area contributed by atoms with E-state index in [1.54, 1.807) is 32.1 Å². The van der Waals surface area contributed by atoms with Crippen LogP contribution in [0.5, 0.6) is 0 Å². The molecule has 2 aliphatic heterocycles. The number of allylic oxidation sites excluding steroid dienone is 4. The number of nitrogens with zero attached hydrogens (tertiary/aromatic N) is 2. The molecule has 352 valence electrons. The summed E-state index contributed by atoms with van der Waals surface area (Å²) in [7, 11) is -17.7. The van der Waals surface area contributed by atoms with E-state index < -0.39 is 78.6 Å². The molecule has 2 atom stereocenters. The smallest absolute Gasteiger partial charge is 0.748 e. The molecule has 0 amide bonds. The van der Waals surface area contributed by atoms with Crippen molar-refractivity contribution >= 4 is 63.5 Å². The Bertz CT molecular complexity index is 2540. The second-order valence-corrected chi connectivity index (χ2v) is 21.5. The Labute approximate surface area is 454 Å². The first kappa shape index (κ1) is 63.4. The Morgan fingerprint density at radius 1 is 0.712 bits per heavy atom. The maximum atomic E-state index is 12.3. The molecule has 0 fully saturated rings. The van der Waals surface area contributed by atoms with E-state index >= 15 is 0 Å². The van der Waals surface area contributed by atoms with Crippen LogP contribution in [-0.2, 0) is 70.3 Å². The fraction of sp³-hybridized carbons (Fsp3) is 0.550. The van der Waals surface area contributed by atoms with Crippen molar-refractivity contribution in [3.8, 4) is 0 Å². The predicted octanol–water partition coefficient (Wildman–Crippen LogP) is -5.94. The number of aliphatic carboxylic acids is 1. The van der Waals surface area contributed by atoms with E-state index in [1.807, 2.05) is 9.48 Å². The molecule has 26 heteroatoms. The molecular formula is C40H53N2Na3O17S4. The second-order valence-electron chi connectivity index (χ2n) is 15.7. The molecule has 0 bridgehead atoms. The van der Waals surface area contributed by atoms with Crippen LogP contribution in [0.25, 0.3) is 0 Å². The number of hydrogen-bond donors (Lipinski definition) is 1. The van der Waals surface area contributed by atoms with Gasteiger partial charge in [0.15, 0.2) is 5.71 Å². The number of carbonyl (C=O) groups is 1. The molecule has 2 aliphatic rings. The van der Waals surface area contributed by atoms with Crippen LogP contribution < -0.4 is 93.6 Å². The second kappa shape index (κ2) is 27.3. The zero-order valence-corrected chi connectivity index (χ0v) is 47.5. The molecule has 0 spiro atoms. The number of carboxylic acid groups (broad SMARTS) is 1. The minimum atomic E-state index is -4.95. The van der Waals surface area contributed by atoms with Crippen LogP contribution in [0.3, 0.4) is 0 Å². The molecule has 66 heavy (non-hydrogen) atoms. The van der Waals surface area contributed by atoms with Gasteiger partial charge in [0.05, 0.1) is 68.5 Å². The van der Waals surface area contributed by atoms with Gasteiger partial charge >= 0.3 is 94.6 Å². The fourth-order valence-electron chi connectivity index (χ4n) is 8.16. The normalized spacial score (nSPS) is 19.1. The number of unbranched alkanes of at least 4 members (excludes halogenated alkanes) is 2. The number of benzene rings is 2. The Morgan fingerprint density at radius 3 is 1.79 bits per heavy atom. The average molecular weight is 1030 g/mol. The first-order valence-corrected chi connectivity index (χ1v) is 26.0. The van der Waals surface area contributed by atoms with Crippen molar-refractivity contribution in [2.75, 3.05) is 69.6 Å². The third-order valence-electron chi connectivity index (χ3n) is 11.2. The summed E-state index contributed by atoms with van der Waals surface area (Å²) in [5, 5.41) is 9.17. The van der Waals surface area contributed by atoms with Crippen molar-refractivity contribution in [1.29, 1.82) is 0 Å². The molecule has 0 aromatic heterocycles. The summed E-state index contributed by atoms with van der Waals surface area (Å²) >= 11 is 0. The van der Waals surface area contributed by atoms with Crippen LogP contribution in [0.1, 0.15) is 76.3 Å². The third kappa shape index (κ3) is 17.9. The number of rotatable bonds is 27. The van der Waals surface area contributed by atoms with Gasteiger partial charge in [-0.25, -0.2) is 33.7 Å². The van der Waals surface area contributed by atoms with E-state index in [0.29, 0.717) is 66.4 Å². The standard InChI is InChI=1S/C40H56N2O17S4.3Na/c1-39(17-8-26-60(45,46)47)32-28-30(62(51,52)53)13-15-34(32)41(19-6-4-5-12-38(43)44)36(39)10-7-11-37-40(2,18-9-27-61(48,49)50)33-29-31(63(54,55)56)14-16-35(33)42(37)20-21-58-24-25-59-23-22-57-3;;;/h7,10-11,13-16,28-29H,4-6,8-9,12,17-27H2,1-3H3,(H4-,43,44,45,46,47,48,49,50,51,52,53,54,55,56);;;/q;3*+1/p-3. The molecule has 0 saturated heterocycles. The number of methoxy groups -OCH3 is 1. The van der Waals surface area contributed by atoms with Crippen LogP contribution in [-0.4, -0.2) is 138 Å². The van der Waals surface area contributed by atoms with Gasteiger partial charge in [-0.1, -0.05) is 6.08 Å². The molecular weight excluding hydrogens is 978 g/mol. The minimum Gasteiger partial charge on any atom is -0.748 e. The summed E-state index contributed by atoms with van der Waals surface area (Å²) in [5.41, 5.74) is 0.309. The van der Waals surface area contributed by atoms with Gasteiger partial charge in [0, 0.05) is 72.5 Å². The summed E-state index contributed by atoms with van der Waals surface area (Å²) in [5.74, 6) is -2.44. The summed E-state index contributed by atoms with van der Waals surface area (Å²) in [6.07, 6.45) is 5.98. The largest absolute Gasteiger partial charge is 1.00 e. The zero-order chi connectivity index (χ0) is 46.9. The van der Waals surface area contributed by atoms with E-state index in [2.05, 4.69) is 0 Å². The maximum absolute atomic E-state index is 12.3. The van der Waals surface area contributed by atoms with Gasteiger partial charge in [-0.3, -0.25) is 4.79 Å². The molecule has 0 radical (unpaired) electrons. The van der Waals surface area contributed by atoms with Crippen molar-refractivity contribution in [1.82, 2.24) is 0 Å². The quantitative estimate of drug-likeness (QED) is 0.0377. The van der Waals surface area contributed by atoms with Gasteiger partial charge in [0.25, 0.3) is 0 Å². The number of carboxylic acids is 1. The van der Waals surface area contributed by atoms with Gasteiger partial charge in [-0.2, -0.15) is 4.58 Å². The number of anilines is 1. The van der Waals surface area contributed by atoms with Gasteiger partial charge in [0.1, 0.15) is 26.8 Å². The van der Waals surface area contributed by atoms with E-state index in [0.717, 1.165) is 12.1 Å². The molecule has 2 aromatic carbocycles. The van der Waals surface area contributed by atoms with Crippen LogP contribution in [0.15, 0.2) is 70.1 Å². The first-order valence-electron chi connectivity index (χ1n) is 20.1. The van der Waals surface area contributed by atoms with Crippen LogP contribution in [0.4, 0.5) is 11.4 Å². The summed E-state index contributed by atoms with van der Waals surface area (Å²) in [6.45, 7) is 5.21. The van der Waals surface area contributed by atoms with Crippen LogP contribution in [0.2, 0.25) is 0 Å². The Morgan fingerprint density at radius 2 is 1.24 bits per heavy atom. The van der Waals surface area contributed by atoms with Crippen LogP contribution >= 0.6 is 0 Å². The van der Waals surface area contributed by atoms with E-state index in [1.165, 1.54) is 31.4 Å². The van der Waals surface area contributed by atoms with E-state index in [9.17, 15) is 56.7 Å². The molecule has 2 heterocycles. The Balaban J connectivity index is 0.00000726. The predicted molar refractivity (Wildman–Crippen MR) is 225 cm³/mol. The SMILES string of the molecule is COCCOCCOCCN1/C(=C/C=C/C2=[N+](CCCCCC(=O)O)c3ccc(S(=O)(=O)[O-])cc3C2(C)CCCS(=O)(=O)[O-])C(C)(CCCS(=O)(=O)[O-])c2cc(S(=O)(=O)[O-])ccc21.[Na+].[Na+].[Na+]. The number of ether oxygens (including phenoxy) is 3. The Hall–Kier alpha value is -0.620. The number of hydrogen-bond acceptors (Lipinski definition) is 17. The molecule has 1 N–H and O–H groups in total. The monoisotopic (exact) mass is 1030 g/mol. The first-order chi connectivity index (χ1) is 29.3. The van der Waals surface area contributed by atoms with E-state index in [-0.39, 0.29) is 154 Å². The maximum Gasteiger partial charge on any atom is 1.00 e. The molecule has 0 aliphatic carbocycles. The molecule has 19 nitrogen and oxygen atoms in total. The van der Waals surface area contributed by atoms with Crippen LogP contribution in [0, 0.1) is 0 Å². The number of fused-ring (bicyclic) bond motifs is 2. The Kier molecular flexibility index (Phi) is 26.2. The topological polar surface area (TPSA) is 300 Å². The van der Waals surface area contributed by atoms with Crippen molar-refractivity contribution in [3.05, 3.63) is 71.5 Å². The zero-order valence-electron chi connectivity index (χ0n) is 38.2. The minimum absolute atomic E-state index is 0. The fourth-order valence-corrected chi connectivity index (χ4v) is 10.2. The van der Waals surface area contributed by atoms with E-state index in [4.69, 9.17) is 19.3 Å². The molecule has 2 unspecified atom stereocenters. The van der Waals surface area contributed by atoms with Gasteiger partial charge < -0.3 is 42.4 Å². The van der Waals surface area contributed by atoms with Crippen molar-refractivity contribution < 1.29 is 169 Å². The summed E-state index contributed by atoms with van der Waals surface area (Å²) in [6, 6.07) is 7.67. The van der Waals surface area contributed by atoms with Gasteiger partial charge in [0.2, 0.25) is 5.69 Å². The summed E-state index contributed by atoms with van der Waals surface area (Å²) in [4.78, 5) is 12.0. The van der Waals surface area contributed by atoms with Crippen molar-refractivity contribution in [2.24, 2.45) is 0 Å². The van der Waals surface area contributed by atoms with Crippen molar-refractivity contribution in [3.63, 3.8) is 0 Å². The third-order valence-corrected chi connectivity index (χ3v) is 14.4. The average Bonchev–Trinajstić information content (AvgIpc) is 3.53.